The molecule has 0 unspecified atom stereocenters. The molecule has 2 rings (SSSR count). The fraction of sp³-hybridized carbons (Fsp3) is 0.0714. The largest absolute Gasteiger partial charge is 0.294 e. The fourth-order valence-electron chi connectivity index (χ4n) is 1.63. The minimum absolute atomic E-state index is 0.00698. The van der Waals surface area contributed by atoms with Crippen molar-refractivity contribution in [1.29, 1.82) is 0 Å². The van der Waals surface area contributed by atoms with Crippen LogP contribution in [-0.2, 0) is 6.42 Å². The van der Waals surface area contributed by atoms with Crippen molar-refractivity contribution in [3.8, 4) is 0 Å². The lowest BCUT2D eigenvalue weighted by Gasteiger charge is -2.05. The Balaban J connectivity index is 2.26. The van der Waals surface area contributed by atoms with Crippen molar-refractivity contribution in [3.05, 3.63) is 67.0 Å². The van der Waals surface area contributed by atoms with Gasteiger partial charge in [0, 0.05) is 15.6 Å². The molecule has 0 saturated heterocycles. The number of halogens is 4. The van der Waals surface area contributed by atoms with E-state index >= 15 is 0 Å². The molecule has 0 spiro atoms. The lowest BCUT2D eigenvalue weighted by Crippen LogP contribution is -2.04. The molecule has 0 saturated carbocycles. The first-order valence-electron chi connectivity index (χ1n) is 5.40. The van der Waals surface area contributed by atoms with Crippen LogP contribution in [0.25, 0.3) is 0 Å². The van der Waals surface area contributed by atoms with Crippen LogP contribution in [0.3, 0.4) is 0 Å². The summed E-state index contributed by atoms with van der Waals surface area (Å²) in [5.74, 6) is -0.668. The molecule has 98 valence electrons. The van der Waals surface area contributed by atoms with Gasteiger partial charge in [-0.2, -0.15) is 0 Å². The standard InChI is InChI=1S/C14H8Cl2FIO/c15-10-6-8(4-5-12(10)18)13(19)7-9-2-1-3-11(17)14(9)16/h1-6H,7H2. The summed E-state index contributed by atoms with van der Waals surface area (Å²) in [4.78, 5) is 12.1. The van der Waals surface area contributed by atoms with Crippen molar-refractivity contribution >= 4 is 51.6 Å². The van der Waals surface area contributed by atoms with Crippen LogP contribution in [0.5, 0.6) is 0 Å². The Bertz CT molecular complexity index is 643. The van der Waals surface area contributed by atoms with E-state index in [0.717, 1.165) is 3.57 Å². The molecular formula is C14H8Cl2FIO. The number of ketones is 1. The predicted octanol–water partition coefficient (Wildman–Crippen LogP) is 5.16. The first kappa shape index (κ1) is 14.8. The number of hydrogen-bond acceptors (Lipinski definition) is 1. The van der Waals surface area contributed by atoms with Crippen LogP contribution in [0.1, 0.15) is 15.9 Å². The first-order chi connectivity index (χ1) is 8.99. The Morgan fingerprint density at radius 1 is 1.21 bits per heavy atom. The molecule has 1 nitrogen and oxygen atoms in total. The van der Waals surface area contributed by atoms with Gasteiger partial charge in [0.2, 0.25) is 0 Å². The summed E-state index contributed by atoms with van der Waals surface area (Å²) in [6, 6.07) is 9.51. The highest BCUT2D eigenvalue weighted by Gasteiger charge is 2.13. The summed E-state index contributed by atoms with van der Waals surface area (Å²) in [7, 11) is 0. The zero-order valence-electron chi connectivity index (χ0n) is 9.59. The third kappa shape index (κ3) is 3.46. The summed E-state index contributed by atoms with van der Waals surface area (Å²) in [6.45, 7) is 0. The number of Topliss-reactive ketones (excluding diaryl/α,β-unsaturated/α-hetero) is 1. The molecule has 0 amide bonds. The van der Waals surface area contributed by atoms with Crippen LogP contribution in [0, 0.1) is 9.39 Å². The lowest BCUT2D eigenvalue weighted by atomic mass is 10.0. The smallest absolute Gasteiger partial charge is 0.167 e. The third-order valence-electron chi connectivity index (χ3n) is 2.62. The van der Waals surface area contributed by atoms with Crippen molar-refractivity contribution in [2.45, 2.75) is 6.42 Å². The van der Waals surface area contributed by atoms with Crippen molar-refractivity contribution < 1.29 is 9.18 Å². The number of benzene rings is 2. The van der Waals surface area contributed by atoms with E-state index in [1.807, 2.05) is 0 Å². The first-order valence-corrected chi connectivity index (χ1v) is 7.23. The Morgan fingerprint density at radius 2 is 1.95 bits per heavy atom. The van der Waals surface area contributed by atoms with E-state index < -0.39 is 5.82 Å². The molecule has 0 N–H and O–H groups in total. The summed E-state index contributed by atoms with van der Waals surface area (Å²) < 4.78 is 14.2. The van der Waals surface area contributed by atoms with Crippen LogP contribution in [0.2, 0.25) is 10.0 Å². The predicted molar refractivity (Wildman–Crippen MR) is 83.6 cm³/mol. The van der Waals surface area contributed by atoms with E-state index in [-0.39, 0.29) is 17.2 Å². The molecule has 0 aromatic heterocycles. The maximum absolute atomic E-state index is 13.3. The molecule has 0 fully saturated rings. The normalized spacial score (nSPS) is 10.5. The quantitative estimate of drug-likeness (QED) is 0.506. The highest BCUT2D eigenvalue weighted by atomic mass is 127. The molecule has 0 aliphatic rings. The molecule has 0 atom stereocenters. The summed E-state index contributed by atoms with van der Waals surface area (Å²) in [5.41, 5.74) is 0.965. The van der Waals surface area contributed by atoms with Gasteiger partial charge in [-0.05, 0) is 46.4 Å². The summed E-state index contributed by atoms with van der Waals surface area (Å²) in [6.07, 6.45) is 0.0491. The van der Waals surface area contributed by atoms with Crippen molar-refractivity contribution in [3.63, 3.8) is 0 Å². The molecular weight excluding hydrogens is 401 g/mol. The maximum Gasteiger partial charge on any atom is 0.167 e. The fourth-order valence-corrected chi connectivity index (χ4v) is 2.34. The average molecular weight is 409 g/mol. The number of rotatable bonds is 3. The van der Waals surface area contributed by atoms with Gasteiger partial charge in [-0.15, -0.1) is 0 Å². The molecule has 0 bridgehead atoms. The van der Waals surface area contributed by atoms with Crippen LogP contribution in [0.4, 0.5) is 4.39 Å². The van der Waals surface area contributed by atoms with Gasteiger partial charge in [-0.25, -0.2) is 4.39 Å². The Kier molecular flexibility index (Phi) is 4.81. The highest BCUT2D eigenvalue weighted by molar-refractivity contribution is 14.1. The number of carbonyl (C=O) groups is 1. The molecule has 0 heterocycles. The monoisotopic (exact) mass is 408 g/mol. The average Bonchev–Trinajstić information content (AvgIpc) is 2.38. The zero-order chi connectivity index (χ0) is 14.0. The van der Waals surface area contributed by atoms with Gasteiger partial charge in [-0.3, -0.25) is 4.79 Å². The van der Waals surface area contributed by atoms with Crippen LogP contribution >= 0.6 is 45.8 Å². The minimum atomic E-state index is -0.521. The molecule has 5 heteroatoms. The van der Waals surface area contributed by atoms with E-state index in [2.05, 4.69) is 22.6 Å². The van der Waals surface area contributed by atoms with E-state index in [0.29, 0.717) is 16.1 Å². The van der Waals surface area contributed by atoms with E-state index in [1.54, 1.807) is 24.3 Å². The Morgan fingerprint density at radius 3 is 2.63 bits per heavy atom. The van der Waals surface area contributed by atoms with Gasteiger partial charge in [0.25, 0.3) is 0 Å². The number of hydrogen-bond donors (Lipinski definition) is 0. The molecule has 0 aliphatic heterocycles. The third-order valence-corrected chi connectivity index (χ3v) is 4.62. The Labute approximate surface area is 133 Å². The van der Waals surface area contributed by atoms with Crippen molar-refractivity contribution in [2.24, 2.45) is 0 Å². The van der Waals surface area contributed by atoms with Gasteiger partial charge >= 0.3 is 0 Å². The Hall–Kier alpha value is -0.650. The second-order valence-electron chi connectivity index (χ2n) is 3.94. The summed E-state index contributed by atoms with van der Waals surface area (Å²) >= 11 is 13.9. The zero-order valence-corrected chi connectivity index (χ0v) is 13.3. The van der Waals surface area contributed by atoms with Crippen LogP contribution < -0.4 is 0 Å². The van der Waals surface area contributed by atoms with E-state index in [9.17, 15) is 9.18 Å². The maximum atomic E-state index is 13.3. The highest BCUT2D eigenvalue weighted by Crippen LogP contribution is 2.23. The van der Waals surface area contributed by atoms with Crippen molar-refractivity contribution in [1.82, 2.24) is 0 Å². The molecule has 2 aromatic carbocycles. The van der Waals surface area contributed by atoms with Crippen LogP contribution in [-0.4, -0.2) is 5.78 Å². The number of carbonyl (C=O) groups excluding carboxylic acids is 1. The molecule has 0 aliphatic carbocycles. The molecule has 19 heavy (non-hydrogen) atoms. The van der Waals surface area contributed by atoms with E-state index in [1.165, 1.54) is 12.1 Å². The second-order valence-corrected chi connectivity index (χ2v) is 5.89. The van der Waals surface area contributed by atoms with Gasteiger partial charge in [0.1, 0.15) is 5.82 Å². The second kappa shape index (κ2) is 6.20. The van der Waals surface area contributed by atoms with Gasteiger partial charge in [-0.1, -0.05) is 41.4 Å². The minimum Gasteiger partial charge on any atom is -0.294 e. The van der Waals surface area contributed by atoms with Gasteiger partial charge < -0.3 is 0 Å². The van der Waals surface area contributed by atoms with Crippen LogP contribution in [0.15, 0.2) is 36.4 Å². The SMILES string of the molecule is O=C(Cc1cccc(F)c1Cl)c1ccc(I)c(Cl)c1. The van der Waals surface area contributed by atoms with Crippen molar-refractivity contribution in [2.75, 3.05) is 0 Å². The van der Waals surface area contributed by atoms with E-state index in [4.69, 9.17) is 23.2 Å². The lowest BCUT2D eigenvalue weighted by molar-refractivity contribution is 0.0993. The van der Waals surface area contributed by atoms with Gasteiger partial charge in [0.05, 0.1) is 10.0 Å². The van der Waals surface area contributed by atoms with Gasteiger partial charge in [0.15, 0.2) is 5.78 Å². The molecule has 0 radical (unpaired) electrons. The summed E-state index contributed by atoms with van der Waals surface area (Å²) in [5, 5.41) is 0.518. The topological polar surface area (TPSA) is 17.1 Å². The molecule has 2 aromatic rings.